The van der Waals surface area contributed by atoms with Crippen LogP contribution in [-0.4, -0.2) is 24.0 Å². The van der Waals surface area contributed by atoms with Gasteiger partial charge in [0.2, 0.25) is 0 Å². The minimum absolute atomic E-state index is 0.329. The molecule has 1 aromatic carbocycles. The van der Waals surface area contributed by atoms with E-state index in [1.165, 1.54) is 26.0 Å². The number of carboxylic acid groups (broad SMARTS) is 1. The van der Waals surface area contributed by atoms with E-state index in [4.69, 9.17) is 9.15 Å². The number of ether oxygens (including phenoxy) is 1. The quantitative estimate of drug-likeness (QED) is 0.785. The molecule has 0 aliphatic carbocycles. The lowest BCUT2D eigenvalue weighted by atomic mass is 10.1. The zero-order valence-corrected chi connectivity index (χ0v) is 12.9. The van der Waals surface area contributed by atoms with Crippen molar-refractivity contribution in [2.45, 2.75) is 32.9 Å². The lowest BCUT2D eigenvalue weighted by molar-refractivity contribution is -0.307. The molecule has 7 nitrogen and oxygen atoms in total. The lowest BCUT2D eigenvalue weighted by Crippen LogP contribution is -2.49. The smallest absolute Gasteiger partial charge is 0.336 e. The van der Waals surface area contributed by atoms with Gasteiger partial charge in [-0.15, -0.1) is 0 Å². The summed E-state index contributed by atoms with van der Waals surface area (Å²) in [5.74, 6) is -1.64. The van der Waals surface area contributed by atoms with Crippen LogP contribution in [0.5, 0.6) is 5.75 Å². The Morgan fingerprint density at radius 1 is 1.26 bits per heavy atom. The molecule has 1 N–H and O–H groups in total. The molecule has 0 bridgehead atoms. The number of fused-ring (bicyclic) bond motifs is 1. The summed E-state index contributed by atoms with van der Waals surface area (Å²) >= 11 is 0. The first-order valence-corrected chi connectivity index (χ1v) is 7.00. The second-order valence-corrected chi connectivity index (χ2v) is 5.22. The molecular weight excluding hydrogens is 302 g/mol. The Morgan fingerprint density at radius 3 is 2.61 bits per heavy atom. The van der Waals surface area contributed by atoms with Gasteiger partial charge >= 0.3 is 5.63 Å². The molecule has 1 heterocycles. The van der Waals surface area contributed by atoms with Crippen molar-refractivity contribution in [3.05, 3.63) is 40.2 Å². The van der Waals surface area contributed by atoms with Crippen molar-refractivity contribution in [1.29, 1.82) is 0 Å². The van der Waals surface area contributed by atoms with E-state index in [9.17, 15) is 19.5 Å². The molecule has 0 aliphatic heterocycles. The van der Waals surface area contributed by atoms with E-state index in [0.29, 0.717) is 11.3 Å². The van der Waals surface area contributed by atoms with Crippen LogP contribution in [0.4, 0.5) is 0 Å². The topological polar surface area (TPSA) is 109 Å². The van der Waals surface area contributed by atoms with Crippen molar-refractivity contribution in [3.8, 4) is 5.75 Å². The van der Waals surface area contributed by atoms with Crippen LogP contribution >= 0.6 is 0 Å². The molecule has 122 valence electrons. The second kappa shape index (κ2) is 6.51. The fraction of sp³-hybridized carbons (Fsp3) is 0.312. The molecule has 0 radical (unpaired) electrons. The molecule has 0 aliphatic rings. The van der Waals surface area contributed by atoms with Crippen molar-refractivity contribution in [2.24, 2.45) is 0 Å². The molecule has 2 aromatic rings. The van der Waals surface area contributed by atoms with Gasteiger partial charge in [0.05, 0.1) is 12.0 Å². The highest BCUT2D eigenvalue weighted by atomic mass is 16.5. The van der Waals surface area contributed by atoms with E-state index in [1.807, 2.05) is 0 Å². The summed E-state index contributed by atoms with van der Waals surface area (Å²) in [6.45, 7) is 4.57. The number of rotatable bonds is 5. The fourth-order valence-corrected chi connectivity index (χ4v) is 2.03. The van der Waals surface area contributed by atoms with Gasteiger partial charge in [0.25, 0.3) is 5.91 Å². The van der Waals surface area contributed by atoms with Crippen molar-refractivity contribution in [1.82, 2.24) is 5.32 Å². The van der Waals surface area contributed by atoms with E-state index in [1.54, 1.807) is 19.1 Å². The number of amides is 1. The summed E-state index contributed by atoms with van der Waals surface area (Å²) in [5.41, 5.74) is 0.653. The summed E-state index contributed by atoms with van der Waals surface area (Å²) in [5, 5.41) is 13.6. The Kier molecular flexibility index (Phi) is 4.68. The highest BCUT2D eigenvalue weighted by Crippen LogP contribution is 2.22. The van der Waals surface area contributed by atoms with Crippen molar-refractivity contribution < 1.29 is 23.8 Å². The first-order chi connectivity index (χ1) is 10.8. The molecular formula is C16H16NO6-. The summed E-state index contributed by atoms with van der Waals surface area (Å²) < 4.78 is 10.6. The predicted octanol–water partition coefficient (Wildman–Crippen LogP) is 0.123. The number of aliphatic carboxylic acids is 1. The molecule has 0 fully saturated rings. The first kappa shape index (κ1) is 16.5. The third-order valence-electron chi connectivity index (χ3n) is 3.32. The highest BCUT2D eigenvalue weighted by molar-refractivity contribution is 5.86. The average Bonchev–Trinajstić information content (AvgIpc) is 2.46. The van der Waals surface area contributed by atoms with E-state index in [2.05, 4.69) is 5.32 Å². The largest absolute Gasteiger partial charge is 0.548 e. The molecule has 0 spiro atoms. The molecule has 0 saturated heterocycles. The van der Waals surface area contributed by atoms with Gasteiger partial charge in [-0.2, -0.15) is 0 Å². The molecule has 0 unspecified atom stereocenters. The fourth-order valence-electron chi connectivity index (χ4n) is 2.03. The van der Waals surface area contributed by atoms with Crippen molar-refractivity contribution >= 4 is 22.8 Å². The maximum absolute atomic E-state index is 11.8. The summed E-state index contributed by atoms with van der Waals surface area (Å²) in [4.78, 5) is 33.8. The van der Waals surface area contributed by atoms with Gasteiger partial charge in [0.1, 0.15) is 11.3 Å². The van der Waals surface area contributed by atoms with Crippen LogP contribution in [0.3, 0.4) is 0 Å². The Labute approximate surface area is 131 Å². The molecule has 1 amide bonds. The average molecular weight is 318 g/mol. The second-order valence-electron chi connectivity index (χ2n) is 5.22. The maximum atomic E-state index is 11.8. The van der Waals surface area contributed by atoms with E-state index in [0.717, 1.165) is 10.9 Å². The molecule has 2 atom stereocenters. The van der Waals surface area contributed by atoms with Gasteiger partial charge in [-0.05, 0) is 38.5 Å². The van der Waals surface area contributed by atoms with Crippen LogP contribution in [0, 0.1) is 6.92 Å². The molecule has 23 heavy (non-hydrogen) atoms. The predicted molar refractivity (Wildman–Crippen MR) is 79.9 cm³/mol. The van der Waals surface area contributed by atoms with E-state index < -0.39 is 29.6 Å². The van der Waals surface area contributed by atoms with E-state index in [-0.39, 0.29) is 0 Å². The number of hydrogen-bond acceptors (Lipinski definition) is 6. The van der Waals surface area contributed by atoms with Gasteiger partial charge in [-0.25, -0.2) is 4.79 Å². The number of aryl methyl sites for hydroxylation is 1. The minimum atomic E-state index is -1.38. The van der Waals surface area contributed by atoms with Crippen LogP contribution < -0.4 is 20.8 Å². The van der Waals surface area contributed by atoms with E-state index >= 15 is 0 Å². The molecule has 7 heteroatoms. The monoisotopic (exact) mass is 318 g/mol. The number of carbonyl (C=O) groups excluding carboxylic acids is 2. The SMILES string of the molecule is Cc1cc(=O)oc2cc(O[C@@H](C)C(=O)N[C@@H](C)C(=O)[O-])ccc12. The van der Waals surface area contributed by atoms with Crippen LogP contribution in [0.1, 0.15) is 19.4 Å². The van der Waals surface area contributed by atoms with Gasteiger partial charge in [-0.3, -0.25) is 4.79 Å². The van der Waals surface area contributed by atoms with Crippen LogP contribution in [0.2, 0.25) is 0 Å². The highest BCUT2D eigenvalue weighted by Gasteiger charge is 2.17. The van der Waals surface area contributed by atoms with Gasteiger partial charge in [0, 0.05) is 17.5 Å². The summed E-state index contributed by atoms with van der Waals surface area (Å²) in [7, 11) is 0. The number of carboxylic acids is 1. The Bertz CT molecular complexity index is 810. The third kappa shape index (κ3) is 3.88. The number of hydrogen-bond donors (Lipinski definition) is 1. The number of benzene rings is 1. The van der Waals surface area contributed by atoms with Crippen molar-refractivity contribution in [2.75, 3.05) is 0 Å². The van der Waals surface area contributed by atoms with Crippen LogP contribution in [0.15, 0.2) is 33.5 Å². The number of nitrogens with one attached hydrogen (secondary N) is 1. The molecule has 2 rings (SSSR count). The van der Waals surface area contributed by atoms with Crippen molar-refractivity contribution in [3.63, 3.8) is 0 Å². The Hall–Kier alpha value is -2.83. The lowest BCUT2D eigenvalue weighted by Gasteiger charge is -2.19. The zero-order valence-electron chi connectivity index (χ0n) is 12.9. The first-order valence-electron chi connectivity index (χ1n) is 7.00. The third-order valence-corrected chi connectivity index (χ3v) is 3.32. The van der Waals surface area contributed by atoms with Gasteiger partial charge in [0.15, 0.2) is 6.10 Å². The summed E-state index contributed by atoms with van der Waals surface area (Å²) in [6, 6.07) is 5.14. The molecule has 1 aromatic heterocycles. The molecule has 0 saturated carbocycles. The normalized spacial score (nSPS) is 13.3. The Morgan fingerprint density at radius 2 is 1.96 bits per heavy atom. The zero-order chi connectivity index (χ0) is 17.1. The maximum Gasteiger partial charge on any atom is 0.336 e. The minimum Gasteiger partial charge on any atom is -0.548 e. The Balaban J connectivity index is 2.16. The standard InChI is InChI=1S/C16H17NO6/c1-8-6-14(18)23-13-7-11(4-5-12(8)13)22-10(3)15(19)17-9(2)16(20)21/h4-7,9-10H,1-3H3,(H,17,19)(H,20,21)/p-1/t9-,10-/m0/s1. The summed E-state index contributed by atoms with van der Waals surface area (Å²) in [6.07, 6.45) is -0.925. The van der Waals surface area contributed by atoms with Crippen LogP contribution in [0.25, 0.3) is 11.0 Å². The van der Waals surface area contributed by atoms with Gasteiger partial charge < -0.3 is 24.4 Å². The van der Waals surface area contributed by atoms with Crippen LogP contribution in [-0.2, 0) is 9.59 Å². The number of carbonyl (C=O) groups is 2. The van der Waals surface area contributed by atoms with Gasteiger partial charge in [-0.1, -0.05) is 0 Å².